The van der Waals surface area contributed by atoms with Crippen LogP contribution in [0.25, 0.3) is 0 Å². The first-order chi connectivity index (χ1) is 10.2. The molecule has 0 aliphatic rings. The van der Waals surface area contributed by atoms with Gasteiger partial charge in [-0.25, -0.2) is 0 Å². The summed E-state index contributed by atoms with van der Waals surface area (Å²) in [6.07, 6.45) is 20.1. The van der Waals surface area contributed by atoms with Gasteiger partial charge in [-0.05, 0) is 12.8 Å². The first kappa shape index (κ1) is 20.4. The summed E-state index contributed by atoms with van der Waals surface area (Å²) >= 11 is 0. The van der Waals surface area contributed by atoms with Crippen molar-refractivity contribution in [1.29, 1.82) is 0 Å². The monoisotopic (exact) mass is 297 g/mol. The zero-order chi connectivity index (χ0) is 15.8. The lowest BCUT2D eigenvalue weighted by molar-refractivity contribution is 0.0990. The van der Waals surface area contributed by atoms with Gasteiger partial charge in [-0.2, -0.15) is 0 Å². The molecule has 0 bridgehead atoms. The lowest BCUT2D eigenvalue weighted by Gasteiger charge is -2.15. The molecule has 2 unspecified atom stereocenters. The summed E-state index contributed by atoms with van der Waals surface area (Å²) in [6.45, 7) is -0.135. The Balaban J connectivity index is 3.11. The fraction of sp³-hybridized carbons (Fsp3) is 0.889. The van der Waals surface area contributed by atoms with Gasteiger partial charge in [0, 0.05) is 6.42 Å². The molecule has 0 spiro atoms. The van der Waals surface area contributed by atoms with Gasteiger partial charge in [0.05, 0.1) is 18.8 Å². The first-order valence-electron chi connectivity index (χ1n) is 8.70. The summed E-state index contributed by atoms with van der Waals surface area (Å²) in [5.41, 5.74) is 5.55. The van der Waals surface area contributed by atoms with Crippen LogP contribution in [0, 0.1) is 12.3 Å². The standard InChI is InChI=1S/C18H35NO2/c1-2-3-4-5-6-7-8-9-10-11-12-13-14-15-18(21)17(19)16-20/h1,17-18,20-21H,3-16,19H2. The molecular formula is C18H35NO2. The second kappa shape index (κ2) is 15.8. The van der Waals surface area contributed by atoms with E-state index in [9.17, 15) is 5.11 Å². The van der Waals surface area contributed by atoms with Crippen molar-refractivity contribution in [3.05, 3.63) is 0 Å². The molecule has 0 radical (unpaired) electrons. The summed E-state index contributed by atoms with van der Waals surface area (Å²) in [5.74, 6) is 2.68. The summed E-state index contributed by atoms with van der Waals surface area (Å²) < 4.78 is 0. The third-order valence-corrected chi connectivity index (χ3v) is 4.03. The van der Waals surface area contributed by atoms with Crippen LogP contribution < -0.4 is 5.73 Å². The van der Waals surface area contributed by atoms with E-state index >= 15 is 0 Å². The van der Waals surface area contributed by atoms with E-state index in [2.05, 4.69) is 5.92 Å². The topological polar surface area (TPSA) is 66.5 Å². The number of hydrogen-bond donors (Lipinski definition) is 3. The van der Waals surface area contributed by atoms with E-state index in [0.717, 1.165) is 19.3 Å². The molecule has 0 rings (SSSR count). The van der Waals surface area contributed by atoms with Crippen LogP contribution in [0.4, 0.5) is 0 Å². The third-order valence-electron chi connectivity index (χ3n) is 4.03. The number of aliphatic hydroxyl groups excluding tert-OH is 2. The smallest absolute Gasteiger partial charge is 0.0713 e. The lowest BCUT2D eigenvalue weighted by Crippen LogP contribution is -2.37. The minimum atomic E-state index is -0.551. The van der Waals surface area contributed by atoms with Gasteiger partial charge in [-0.15, -0.1) is 12.3 Å². The Labute approximate surface area is 131 Å². The minimum absolute atomic E-state index is 0.135. The van der Waals surface area contributed by atoms with E-state index in [0.29, 0.717) is 6.42 Å². The second-order valence-electron chi connectivity index (χ2n) is 6.05. The van der Waals surface area contributed by atoms with Crippen LogP contribution in [0.15, 0.2) is 0 Å². The SMILES string of the molecule is C#CCCCCCCCCCCCCCC(O)C(N)CO. The molecule has 3 nitrogen and oxygen atoms in total. The fourth-order valence-corrected chi connectivity index (χ4v) is 2.51. The summed E-state index contributed by atoms with van der Waals surface area (Å²) in [7, 11) is 0. The van der Waals surface area contributed by atoms with Crippen molar-refractivity contribution < 1.29 is 10.2 Å². The number of unbranched alkanes of at least 4 members (excludes halogenated alkanes) is 11. The fourth-order valence-electron chi connectivity index (χ4n) is 2.51. The van der Waals surface area contributed by atoms with Crippen molar-refractivity contribution in [1.82, 2.24) is 0 Å². The van der Waals surface area contributed by atoms with Crippen LogP contribution in [0.5, 0.6) is 0 Å². The van der Waals surface area contributed by atoms with Crippen molar-refractivity contribution in [3.8, 4) is 12.3 Å². The molecule has 124 valence electrons. The van der Waals surface area contributed by atoms with Gasteiger partial charge in [-0.1, -0.05) is 64.2 Å². The molecule has 0 fully saturated rings. The second-order valence-corrected chi connectivity index (χ2v) is 6.05. The average Bonchev–Trinajstić information content (AvgIpc) is 2.50. The zero-order valence-electron chi connectivity index (χ0n) is 13.6. The first-order valence-corrected chi connectivity index (χ1v) is 8.70. The molecule has 0 amide bonds. The highest BCUT2D eigenvalue weighted by Gasteiger charge is 2.12. The molecule has 0 saturated carbocycles. The van der Waals surface area contributed by atoms with E-state index in [4.69, 9.17) is 17.3 Å². The van der Waals surface area contributed by atoms with Crippen LogP contribution in [0.3, 0.4) is 0 Å². The van der Waals surface area contributed by atoms with E-state index in [1.165, 1.54) is 57.8 Å². The van der Waals surface area contributed by atoms with Gasteiger partial charge in [0.25, 0.3) is 0 Å². The van der Waals surface area contributed by atoms with Crippen molar-refractivity contribution in [2.24, 2.45) is 5.73 Å². The Kier molecular flexibility index (Phi) is 15.4. The normalized spacial score (nSPS) is 13.8. The van der Waals surface area contributed by atoms with Gasteiger partial charge in [0.1, 0.15) is 0 Å². The van der Waals surface area contributed by atoms with Crippen LogP contribution in [-0.4, -0.2) is 29.0 Å². The molecular weight excluding hydrogens is 262 g/mol. The molecule has 4 N–H and O–H groups in total. The maximum Gasteiger partial charge on any atom is 0.0713 e. The largest absolute Gasteiger partial charge is 0.395 e. The highest BCUT2D eigenvalue weighted by Crippen LogP contribution is 2.13. The van der Waals surface area contributed by atoms with Crippen molar-refractivity contribution in [2.45, 2.75) is 95.6 Å². The number of hydrogen-bond acceptors (Lipinski definition) is 3. The number of terminal acetylenes is 1. The molecule has 0 aromatic carbocycles. The Hall–Kier alpha value is -0.560. The summed E-state index contributed by atoms with van der Waals surface area (Å²) in [4.78, 5) is 0. The zero-order valence-corrected chi connectivity index (χ0v) is 13.6. The molecule has 0 heterocycles. The molecule has 0 aromatic heterocycles. The number of nitrogens with two attached hydrogens (primary N) is 1. The predicted molar refractivity (Wildman–Crippen MR) is 89.9 cm³/mol. The third kappa shape index (κ3) is 14.2. The quantitative estimate of drug-likeness (QED) is 0.321. The number of rotatable bonds is 15. The Morgan fingerprint density at radius 2 is 1.24 bits per heavy atom. The lowest BCUT2D eigenvalue weighted by atomic mass is 10.0. The van der Waals surface area contributed by atoms with Gasteiger partial charge < -0.3 is 15.9 Å². The maximum atomic E-state index is 9.60. The van der Waals surface area contributed by atoms with E-state index in [-0.39, 0.29) is 6.61 Å². The average molecular weight is 297 g/mol. The van der Waals surface area contributed by atoms with Gasteiger partial charge >= 0.3 is 0 Å². The van der Waals surface area contributed by atoms with Crippen LogP contribution in [0.1, 0.15) is 83.5 Å². The number of aliphatic hydroxyl groups is 2. The Morgan fingerprint density at radius 1 is 0.810 bits per heavy atom. The molecule has 0 aliphatic heterocycles. The highest BCUT2D eigenvalue weighted by molar-refractivity contribution is 4.82. The van der Waals surface area contributed by atoms with Crippen LogP contribution >= 0.6 is 0 Å². The van der Waals surface area contributed by atoms with E-state index in [1.807, 2.05) is 0 Å². The molecule has 21 heavy (non-hydrogen) atoms. The summed E-state index contributed by atoms with van der Waals surface area (Å²) in [6, 6.07) is -0.481. The molecule has 0 saturated heterocycles. The Bertz CT molecular complexity index is 250. The van der Waals surface area contributed by atoms with Gasteiger partial charge in [0.2, 0.25) is 0 Å². The molecule has 2 atom stereocenters. The highest BCUT2D eigenvalue weighted by atomic mass is 16.3. The molecule has 0 aromatic rings. The predicted octanol–water partition coefficient (Wildman–Crippen LogP) is 3.37. The van der Waals surface area contributed by atoms with Crippen molar-refractivity contribution in [3.63, 3.8) is 0 Å². The Morgan fingerprint density at radius 3 is 1.67 bits per heavy atom. The van der Waals surface area contributed by atoms with Crippen LogP contribution in [0.2, 0.25) is 0 Å². The van der Waals surface area contributed by atoms with Gasteiger partial charge in [0.15, 0.2) is 0 Å². The van der Waals surface area contributed by atoms with E-state index in [1.54, 1.807) is 0 Å². The van der Waals surface area contributed by atoms with Crippen molar-refractivity contribution >= 4 is 0 Å². The molecule has 3 heteroatoms. The molecule has 0 aliphatic carbocycles. The summed E-state index contributed by atoms with van der Waals surface area (Å²) in [5, 5.41) is 18.4. The van der Waals surface area contributed by atoms with Crippen LogP contribution in [-0.2, 0) is 0 Å². The van der Waals surface area contributed by atoms with Crippen molar-refractivity contribution in [2.75, 3.05) is 6.61 Å². The maximum absolute atomic E-state index is 9.60. The minimum Gasteiger partial charge on any atom is -0.395 e. The van der Waals surface area contributed by atoms with Gasteiger partial charge in [-0.3, -0.25) is 0 Å². The van der Waals surface area contributed by atoms with E-state index < -0.39 is 12.1 Å².